The molecule has 1 aliphatic heterocycles. The number of nitrogens with zero attached hydrogens (tertiary/aromatic N) is 3. The highest BCUT2D eigenvalue weighted by Gasteiger charge is 2.23. The maximum absolute atomic E-state index is 12.8. The predicted octanol–water partition coefficient (Wildman–Crippen LogP) is 3.38. The van der Waals surface area contributed by atoms with E-state index in [0.29, 0.717) is 48.3 Å². The van der Waals surface area contributed by atoms with Crippen LogP contribution in [0.1, 0.15) is 21.8 Å². The number of piperazine rings is 1. The number of anilines is 1. The van der Waals surface area contributed by atoms with Gasteiger partial charge in [0.1, 0.15) is 5.76 Å². The first-order valence-electron chi connectivity index (χ1n) is 11.7. The summed E-state index contributed by atoms with van der Waals surface area (Å²) in [6.45, 7) is 5.19. The molecule has 2 aromatic carbocycles. The molecule has 0 unspecified atom stereocenters. The maximum atomic E-state index is 12.8. The van der Waals surface area contributed by atoms with Gasteiger partial charge in [-0.25, -0.2) is 9.78 Å². The second kappa shape index (κ2) is 11.1. The Morgan fingerprint density at radius 2 is 1.69 bits per heavy atom. The van der Waals surface area contributed by atoms with Crippen LogP contribution < -0.4 is 20.1 Å². The predicted molar refractivity (Wildman–Crippen MR) is 135 cm³/mol. The van der Waals surface area contributed by atoms with Crippen LogP contribution in [0.3, 0.4) is 0 Å². The number of rotatable bonds is 7. The molecule has 2 heterocycles. The first kappa shape index (κ1) is 25.1. The van der Waals surface area contributed by atoms with E-state index in [4.69, 9.17) is 13.9 Å². The summed E-state index contributed by atoms with van der Waals surface area (Å²) in [5, 5.41) is 5.54. The largest absolute Gasteiger partial charge is 0.493 e. The zero-order valence-corrected chi connectivity index (χ0v) is 21.0. The summed E-state index contributed by atoms with van der Waals surface area (Å²) < 4.78 is 16.5. The molecule has 0 aliphatic carbocycles. The fourth-order valence-corrected chi connectivity index (χ4v) is 4.04. The molecular formula is C26H31N5O5. The van der Waals surface area contributed by atoms with Crippen molar-refractivity contribution in [1.82, 2.24) is 20.1 Å². The molecule has 0 bridgehead atoms. The number of carbonyl (C=O) groups excluding carboxylic acids is 2. The molecule has 3 aromatic rings. The van der Waals surface area contributed by atoms with Gasteiger partial charge < -0.3 is 29.4 Å². The number of urea groups is 1. The molecule has 1 saturated heterocycles. The molecule has 1 aliphatic rings. The molecule has 0 spiro atoms. The fourth-order valence-electron chi connectivity index (χ4n) is 4.04. The van der Waals surface area contributed by atoms with Crippen molar-refractivity contribution in [2.24, 2.45) is 0 Å². The van der Waals surface area contributed by atoms with Crippen molar-refractivity contribution in [3.63, 3.8) is 0 Å². The third kappa shape index (κ3) is 5.60. The number of amides is 3. The summed E-state index contributed by atoms with van der Waals surface area (Å²) in [6, 6.07) is 12.3. The number of methoxy groups -OCH3 is 2. The summed E-state index contributed by atoms with van der Waals surface area (Å²) in [6.07, 6.45) is 0. The van der Waals surface area contributed by atoms with E-state index in [1.807, 2.05) is 19.1 Å². The van der Waals surface area contributed by atoms with Crippen LogP contribution in [-0.2, 0) is 6.54 Å². The van der Waals surface area contributed by atoms with Crippen molar-refractivity contribution in [1.29, 1.82) is 0 Å². The van der Waals surface area contributed by atoms with Crippen LogP contribution in [0.15, 0.2) is 46.9 Å². The number of aromatic nitrogens is 1. The third-order valence-electron chi connectivity index (χ3n) is 6.18. The van der Waals surface area contributed by atoms with Crippen LogP contribution in [-0.4, -0.2) is 74.2 Å². The third-order valence-corrected chi connectivity index (χ3v) is 6.18. The Kier molecular flexibility index (Phi) is 7.74. The van der Waals surface area contributed by atoms with E-state index in [-0.39, 0.29) is 11.9 Å². The van der Waals surface area contributed by atoms with Crippen LogP contribution in [0.25, 0.3) is 11.5 Å². The van der Waals surface area contributed by atoms with Gasteiger partial charge in [0, 0.05) is 62.7 Å². The minimum absolute atomic E-state index is 0.137. The standard InChI is InChI=1S/C26H31N5O5/c1-17-21(29-25(36-17)19-7-5-18(6-8-19)24(32)27-2)16-30-11-13-31(14-12-30)26(33)28-20-9-10-22(34-3)23(15-20)35-4/h5-10,15H,11-14,16H2,1-4H3,(H,27,32)(H,28,33). The lowest BCUT2D eigenvalue weighted by Gasteiger charge is -2.34. The molecule has 3 amide bonds. The van der Waals surface area contributed by atoms with Crippen molar-refractivity contribution < 1.29 is 23.5 Å². The van der Waals surface area contributed by atoms with Gasteiger partial charge in [0.2, 0.25) is 5.89 Å². The molecule has 0 saturated carbocycles. The van der Waals surface area contributed by atoms with Crippen LogP contribution >= 0.6 is 0 Å². The average Bonchev–Trinajstić information content (AvgIpc) is 3.28. The normalized spacial score (nSPS) is 13.8. The number of hydrogen-bond donors (Lipinski definition) is 2. The molecule has 0 atom stereocenters. The number of nitrogens with one attached hydrogen (secondary N) is 2. The van der Waals surface area contributed by atoms with Gasteiger partial charge >= 0.3 is 6.03 Å². The molecule has 4 rings (SSSR count). The van der Waals surface area contributed by atoms with Crippen molar-refractivity contribution in [3.05, 3.63) is 59.5 Å². The molecule has 1 aromatic heterocycles. The zero-order chi connectivity index (χ0) is 25.7. The molecule has 36 heavy (non-hydrogen) atoms. The van der Waals surface area contributed by atoms with E-state index in [2.05, 4.69) is 20.5 Å². The summed E-state index contributed by atoms with van der Waals surface area (Å²) in [7, 11) is 4.73. The average molecular weight is 494 g/mol. The Morgan fingerprint density at radius 1 is 1.00 bits per heavy atom. The minimum Gasteiger partial charge on any atom is -0.493 e. The number of carbonyl (C=O) groups is 2. The Labute approximate surface area is 210 Å². The van der Waals surface area contributed by atoms with E-state index in [1.165, 1.54) is 0 Å². The monoisotopic (exact) mass is 493 g/mol. The van der Waals surface area contributed by atoms with E-state index in [9.17, 15) is 9.59 Å². The van der Waals surface area contributed by atoms with Crippen LogP contribution in [0.5, 0.6) is 11.5 Å². The molecule has 10 nitrogen and oxygen atoms in total. The van der Waals surface area contributed by atoms with Crippen molar-refractivity contribution in [2.45, 2.75) is 13.5 Å². The summed E-state index contributed by atoms with van der Waals surface area (Å²) in [5.41, 5.74) is 2.91. The lowest BCUT2D eigenvalue weighted by Crippen LogP contribution is -2.49. The van der Waals surface area contributed by atoms with Gasteiger partial charge in [0.05, 0.1) is 19.9 Å². The van der Waals surface area contributed by atoms with Gasteiger partial charge in [0.25, 0.3) is 5.91 Å². The molecule has 0 radical (unpaired) electrons. The second-order valence-corrected chi connectivity index (χ2v) is 8.44. The van der Waals surface area contributed by atoms with Gasteiger partial charge in [0.15, 0.2) is 11.5 Å². The van der Waals surface area contributed by atoms with Gasteiger partial charge in [-0.3, -0.25) is 9.69 Å². The maximum Gasteiger partial charge on any atom is 0.321 e. The van der Waals surface area contributed by atoms with Gasteiger partial charge in [-0.2, -0.15) is 0 Å². The van der Waals surface area contributed by atoms with Crippen LogP contribution in [0.4, 0.5) is 10.5 Å². The summed E-state index contributed by atoms with van der Waals surface area (Å²) in [4.78, 5) is 33.2. The Bertz CT molecular complexity index is 1220. The molecule has 190 valence electrons. The lowest BCUT2D eigenvalue weighted by molar-refractivity contribution is 0.0963. The van der Waals surface area contributed by atoms with E-state index < -0.39 is 0 Å². The quantitative estimate of drug-likeness (QED) is 0.519. The fraction of sp³-hybridized carbons (Fsp3) is 0.346. The van der Waals surface area contributed by atoms with Crippen LogP contribution in [0, 0.1) is 6.92 Å². The summed E-state index contributed by atoms with van der Waals surface area (Å²) >= 11 is 0. The van der Waals surface area contributed by atoms with Crippen LogP contribution in [0.2, 0.25) is 0 Å². The highest BCUT2D eigenvalue weighted by Crippen LogP contribution is 2.30. The van der Waals surface area contributed by atoms with Crippen molar-refractivity contribution in [3.8, 4) is 23.0 Å². The van der Waals surface area contributed by atoms with Gasteiger partial charge in [-0.1, -0.05) is 0 Å². The summed E-state index contributed by atoms with van der Waals surface area (Å²) in [5.74, 6) is 2.32. The highest BCUT2D eigenvalue weighted by molar-refractivity contribution is 5.94. The number of ether oxygens (including phenoxy) is 2. The first-order valence-corrected chi connectivity index (χ1v) is 11.7. The Hall–Kier alpha value is -4.05. The number of aryl methyl sites for hydroxylation is 1. The first-order chi connectivity index (χ1) is 17.4. The van der Waals surface area contributed by atoms with E-state index in [1.54, 1.807) is 56.5 Å². The van der Waals surface area contributed by atoms with Gasteiger partial charge in [-0.05, 0) is 43.3 Å². The second-order valence-electron chi connectivity index (χ2n) is 8.44. The SMILES string of the molecule is CNC(=O)c1ccc(-c2nc(CN3CCN(C(=O)Nc4ccc(OC)c(OC)c4)CC3)c(C)o2)cc1. The molecule has 1 fully saturated rings. The topological polar surface area (TPSA) is 109 Å². The van der Waals surface area contributed by atoms with Crippen molar-refractivity contribution in [2.75, 3.05) is 52.8 Å². The Morgan fingerprint density at radius 3 is 2.33 bits per heavy atom. The van der Waals surface area contributed by atoms with Crippen molar-refractivity contribution >= 4 is 17.6 Å². The minimum atomic E-state index is -0.151. The van der Waals surface area contributed by atoms with E-state index >= 15 is 0 Å². The highest BCUT2D eigenvalue weighted by atomic mass is 16.5. The number of oxazole rings is 1. The van der Waals surface area contributed by atoms with E-state index in [0.717, 1.165) is 30.1 Å². The molecular weight excluding hydrogens is 462 g/mol. The molecule has 10 heteroatoms. The lowest BCUT2D eigenvalue weighted by atomic mass is 10.1. The number of benzene rings is 2. The number of hydrogen-bond acceptors (Lipinski definition) is 7. The van der Waals surface area contributed by atoms with Gasteiger partial charge in [-0.15, -0.1) is 0 Å². The zero-order valence-electron chi connectivity index (χ0n) is 21.0. The smallest absolute Gasteiger partial charge is 0.321 e. The molecule has 2 N–H and O–H groups in total. The Balaban J connectivity index is 1.32.